The highest BCUT2D eigenvalue weighted by Gasteiger charge is 2.05. The van der Waals surface area contributed by atoms with Crippen molar-refractivity contribution in [3.63, 3.8) is 0 Å². The zero-order valence-electron chi connectivity index (χ0n) is 13.1. The lowest BCUT2D eigenvalue weighted by atomic mass is 10.2. The Labute approximate surface area is 145 Å². The summed E-state index contributed by atoms with van der Waals surface area (Å²) >= 11 is 4.98. The van der Waals surface area contributed by atoms with Gasteiger partial charge in [0.1, 0.15) is 11.6 Å². The number of para-hydroxylation sites is 1. The van der Waals surface area contributed by atoms with Crippen molar-refractivity contribution in [2.24, 2.45) is 0 Å². The average molecular weight is 347 g/mol. The zero-order chi connectivity index (χ0) is 17.4. The van der Waals surface area contributed by atoms with Crippen molar-refractivity contribution < 1.29 is 13.9 Å². The van der Waals surface area contributed by atoms with Gasteiger partial charge >= 0.3 is 0 Å². The van der Waals surface area contributed by atoms with E-state index < -0.39 is 5.82 Å². The number of thiocarbonyl (C=S) groups is 1. The Bertz CT molecular complexity index is 724. The Morgan fingerprint density at radius 1 is 1.17 bits per heavy atom. The lowest BCUT2D eigenvalue weighted by Gasteiger charge is -2.12. The van der Waals surface area contributed by atoms with Gasteiger partial charge in [0, 0.05) is 0 Å². The normalized spacial score (nSPS) is 9.92. The first kappa shape index (κ1) is 17.7. The summed E-state index contributed by atoms with van der Waals surface area (Å²) in [4.78, 5) is 11.7. The fourth-order valence-electron chi connectivity index (χ4n) is 1.87. The first-order valence-corrected chi connectivity index (χ1v) is 7.75. The maximum absolute atomic E-state index is 13.5. The molecule has 0 radical (unpaired) electrons. The number of ether oxygens (including phenoxy) is 1. The molecule has 0 aliphatic carbocycles. The van der Waals surface area contributed by atoms with E-state index in [1.54, 1.807) is 18.2 Å². The number of hydrogen-bond donors (Lipinski definition) is 3. The summed E-state index contributed by atoms with van der Waals surface area (Å²) in [7, 11) is 0. The SMILES string of the molecule is Cc1cccc(OCCC(=O)NNC(=S)Nc2ccccc2F)c1. The smallest absolute Gasteiger partial charge is 0.241 e. The van der Waals surface area contributed by atoms with E-state index in [1.165, 1.54) is 6.07 Å². The second-order valence-corrected chi connectivity index (χ2v) is 5.43. The van der Waals surface area contributed by atoms with Gasteiger partial charge < -0.3 is 10.1 Å². The van der Waals surface area contributed by atoms with E-state index in [1.807, 2.05) is 31.2 Å². The minimum atomic E-state index is -0.431. The van der Waals surface area contributed by atoms with Gasteiger partial charge in [-0.05, 0) is 49.0 Å². The summed E-state index contributed by atoms with van der Waals surface area (Å²) in [5.74, 6) is -0.00707. The summed E-state index contributed by atoms with van der Waals surface area (Å²) in [5.41, 5.74) is 6.25. The maximum atomic E-state index is 13.5. The molecule has 0 saturated heterocycles. The molecule has 5 nitrogen and oxygen atoms in total. The van der Waals surface area contributed by atoms with Crippen LogP contribution in [0.1, 0.15) is 12.0 Å². The lowest BCUT2D eigenvalue weighted by molar-refractivity contribution is -0.122. The number of rotatable bonds is 5. The number of hydrogen-bond acceptors (Lipinski definition) is 3. The van der Waals surface area contributed by atoms with Gasteiger partial charge in [-0.1, -0.05) is 24.3 Å². The zero-order valence-corrected chi connectivity index (χ0v) is 14.0. The van der Waals surface area contributed by atoms with Crippen LogP contribution in [0, 0.1) is 12.7 Å². The summed E-state index contributed by atoms with van der Waals surface area (Å²) in [5, 5.41) is 2.74. The molecule has 0 spiro atoms. The predicted octanol–water partition coefficient (Wildman–Crippen LogP) is 2.92. The molecule has 0 heterocycles. The van der Waals surface area contributed by atoms with Crippen LogP contribution in [0.5, 0.6) is 5.75 Å². The Hall–Kier alpha value is -2.67. The van der Waals surface area contributed by atoms with Gasteiger partial charge in [-0.2, -0.15) is 0 Å². The average Bonchev–Trinajstić information content (AvgIpc) is 2.55. The third-order valence-corrected chi connectivity index (χ3v) is 3.23. The third kappa shape index (κ3) is 5.85. The molecule has 0 aliphatic heterocycles. The summed E-state index contributed by atoms with van der Waals surface area (Å²) in [6, 6.07) is 13.7. The second kappa shape index (κ2) is 8.83. The Balaban J connectivity index is 1.67. The van der Waals surface area contributed by atoms with Crippen LogP contribution in [0.2, 0.25) is 0 Å². The molecule has 0 aromatic heterocycles. The molecule has 0 saturated carbocycles. The van der Waals surface area contributed by atoms with E-state index in [-0.39, 0.29) is 29.7 Å². The Morgan fingerprint density at radius 3 is 2.71 bits per heavy atom. The van der Waals surface area contributed by atoms with E-state index in [0.717, 1.165) is 5.56 Å². The molecule has 0 bridgehead atoms. The van der Waals surface area contributed by atoms with E-state index in [4.69, 9.17) is 17.0 Å². The number of benzene rings is 2. The summed E-state index contributed by atoms with van der Waals surface area (Å²) in [6.45, 7) is 2.21. The van der Waals surface area contributed by atoms with Gasteiger partial charge in [-0.15, -0.1) is 0 Å². The molecule has 0 atom stereocenters. The molecule has 2 aromatic rings. The van der Waals surface area contributed by atoms with Gasteiger partial charge in [0.15, 0.2) is 5.11 Å². The monoisotopic (exact) mass is 347 g/mol. The van der Waals surface area contributed by atoms with Gasteiger partial charge in [0.2, 0.25) is 5.91 Å². The molecular weight excluding hydrogens is 329 g/mol. The first-order valence-electron chi connectivity index (χ1n) is 7.34. The Kier molecular flexibility index (Phi) is 6.51. The van der Waals surface area contributed by atoms with Gasteiger partial charge in [-0.25, -0.2) is 4.39 Å². The molecule has 7 heteroatoms. The number of nitrogens with one attached hydrogen (secondary N) is 3. The molecule has 1 amide bonds. The standard InChI is InChI=1S/C17H18FN3O2S/c1-12-5-4-6-13(11-12)23-10-9-16(22)20-21-17(24)19-15-8-3-2-7-14(15)18/h2-8,11H,9-10H2,1H3,(H,20,22)(H2,19,21,24). The number of aryl methyl sites for hydroxylation is 1. The second-order valence-electron chi connectivity index (χ2n) is 5.02. The fourth-order valence-corrected chi connectivity index (χ4v) is 2.03. The highest BCUT2D eigenvalue weighted by molar-refractivity contribution is 7.80. The number of halogens is 1. The van der Waals surface area contributed by atoms with Crippen molar-refractivity contribution in [1.82, 2.24) is 10.9 Å². The molecule has 0 unspecified atom stereocenters. The number of carbonyl (C=O) groups excluding carboxylic acids is 1. The van der Waals surface area contributed by atoms with Crippen molar-refractivity contribution in [1.29, 1.82) is 0 Å². The minimum Gasteiger partial charge on any atom is -0.493 e. The summed E-state index contributed by atoms with van der Waals surface area (Å²) in [6.07, 6.45) is 0.156. The van der Waals surface area contributed by atoms with E-state index in [0.29, 0.717) is 5.75 Å². The first-order chi connectivity index (χ1) is 11.5. The number of anilines is 1. The van der Waals surface area contributed by atoms with Crippen molar-refractivity contribution in [2.45, 2.75) is 13.3 Å². The van der Waals surface area contributed by atoms with Gasteiger partial charge in [-0.3, -0.25) is 15.6 Å². The van der Waals surface area contributed by atoms with Crippen molar-refractivity contribution >= 4 is 28.9 Å². The fraction of sp³-hybridized carbons (Fsp3) is 0.176. The Morgan fingerprint density at radius 2 is 1.96 bits per heavy atom. The number of hydrazine groups is 1. The summed E-state index contributed by atoms with van der Waals surface area (Å²) < 4.78 is 18.9. The van der Waals surface area contributed by atoms with E-state index >= 15 is 0 Å². The van der Waals surface area contributed by atoms with Crippen molar-refractivity contribution in [3.8, 4) is 5.75 Å². The third-order valence-electron chi connectivity index (χ3n) is 3.02. The molecule has 126 valence electrons. The van der Waals surface area contributed by atoms with Crippen LogP contribution in [-0.2, 0) is 4.79 Å². The molecular formula is C17H18FN3O2S. The van der Waals surface area contributed by atoms with Gasteiger partial charge in [0.25, 0.3) is 0 Å². The van der Waals surface area contributed by atoms with Crippen LogP contribution in [0.4, 0.5) is 10.1 Å². The molecule has 2 rings (SSSR count). The molecule has 2 aromatic carbocycles. The van der Waals surface area contributed by atoms with Crippen molar-refractivity contribution in [3.05, 3.63) is 59.9 Å². The molecule has 0 aliphatic rings. The topological polar surface area (TPSA) is 62.4 Å². The van der Waals surface area contributed by atoms with Crippen LogP contribution >= 0.6 is 12.2 Å². The quantitative estimate of drug-likeness (QED) is 0.573. The molecule has 0 fully saturated rings. The highest BCUT2D eigenvalue weighted by Crippen LogP contribution is 2.13. The van der Waals surface area contributed by atoms with E-state index in [9.17, 15) is 9.18 Å². The van der Waals surface area contributed by atoms with Crippen LogP contribution in [0.25, 0.3) is 0 Å². The van der Waals surface area contributed by atoms with Gasteiger partial charge in [0.05, 0.1) is 18.7 Å². The lowest BCUT2D eigenvalue weighted by Crippen LogP contribution is -2.44. The van der Waals surface area contributed by atoms with Crippen LogP contribution in [0.3, 0.4) is 0 Å². The van der Waals surface area contributed by atoms with E-state index in [2.05, 4.69) is 16.2 Å². The van der Waals surface area contributed by atoms with Crippen molar-refractivity contribution in [2.75, 3.05) is 11.9 Å². The molecule has 24 heavy (non-hydrogen) atoms. The number of carbonyl (C=O) groups is 1. The largest absolute Gasteiger partial charge is 0.493 e. The maximum Gasteiger partial charge on any atom is 0.241 e. The predicted molar refractivity (Wildman–Crippen MR) is 95.2 cm³/mol. The van der Waals surface area contributed by atoms with Crippen LogP contribution in [-0.4, -0.2) is 17.6 Å². The minimum absolute atomic E-state index is 0.0908. The van der Waals surface area contributed by atoms with Crippen LogP contribution < -0.4 is 20.9 Å². The molecule has 3 N–H and O–H groups in total. The van der Waals surface area contributed by atoms with Crippen LogP contribution in [0.15, 0.2) is 48.5 Å². The number of amides is 1. The highest BCUT2D eigenvalue weighted by atomic mass is 32.1.